The van der Waals surface area contributed by atoms with Crippen molar-refractivity contribution in [2.24, 2.45) is 0 Å². The molecule has 0 bridgehead atoms. The minimum absolute atomic E-state index is 0.0813. The van der Waals surface area contributed by atoms with Crippen molar-refractivity contribution in [3.8, 4) is 5.82 Å². The molecule has 0 saturated heterocycles. The van der Waals surface area contributed by atoms with Gasteiger partial charge in [0.25, 0.3) is 10.0 Å². The Labute approximate surface area is 144 Å². The number of aromatic nitrogens is 3. The fourth-order valence-corrected chi connectivity index (χ4v) is 3.16. The van der Waals surface area contributed by atoms with E-state index < -0.39 is 10.0 Å². The highest BCUT2D eigenvalue weighted by atomic mass is 32.2. The normalized spacial score (nSPS) is 11.1. The fourth-order valence-electron chi connectivity index (χ4n) is 2.12. The molecular weight excluding hydrogens is 342 g/mol. The van der Waals surface area contributed by atoms with E-state index in [9.17, 15) is 13.2 Å². The summed E-state index contributed by atoms with van der Waals surface area (Å²) in [6.45, 7) is 1.38. The van der Waals surface area contributed by atoms with Gasteiger partial charge in [-0.25, -0.2) is 18.1 Å². The van der Waals surface area contributed by atoms with Crippen molar-refractivity contribution in [3.05, 3.63) is 61.1 Å². The lowest BCUT2D eigenvalue weighted by Gasteiger charge is -2.09. The average Bonchev–Trinajstić information content (AvgIpc) is 3.09. The minimum atomic E-state index is -3.75. The van der Waals surface area contributed by atoms with E-state index in [2.05, 4.69) is 20.1 Å². The molecule has 25 heavy (non-hydrogen) atoms. The molecule has 128 valence electrons. The van der Waals surface area contributed by atoms with Gasteiger partial charge in [-0.05, 0) is 42.5 Å². The largest absolute Gasteiger partial charge is 0.326 e. The average molecular weight is 357 g/mol. The van der Waals surface area contributed by atoms with Gasteiger partial charge < -0.3 is 5.32 Å². The number of nitrogens with one attached hydrogen (secondary N) is 2. The number of anilines is 2. The van der Waals surface area contributed by atoms with E-state index in [-0.39, 0.29) is 10.8 Å². The zero-order chi connectivity index (χ0) is 17.9. The van der Waals surface area contributed by atoms with Gasteiger partial charge in [0, 0.05) is 25.0 Å². The number of rotatable bonds is 5. The molecule has 0 spiro atoms. The molecule has 3 aromatic rings. The third kappa shape index (κ3) is 4.01. The summed E-state index contributed by atoms with van der Waals surface area (Å²) in [5.41, 5.74) is 0.860. The Morgan fingerprint density at radius 2 is 1.80 bits per heavy atom. The topological polar surface area (TPSA) is 106 Å². The summed E-state index contributed by atoms with van der Waals surface area (Å²) in [6, 6.07) is 10.9. The number of sulfonamides is 1. The molecule has 1 aromatic carbocycles. The van der Waals surface area contributed by atoms with Crippen LogP contribution < -0.4 is 10.0 Å². The van der Waals surface area contributed by atoms with Crippen molar-refractivity contribution in [1.29, 1.82) is 0 Å². The van der Waals surface area contributed by atoms with Crippen molar-refractivity contribution >= 4 is 27.3 Å². The van der Waals surface area contributed by atoms with E-state index in [0.717, 1.165) is 0 Å². The molecule has 0 aliphatic heterocycles. The summed E-state index contributed by atoms with van der Waals surface area (Å²) >= 11 is 0. The molecule has 0 fully saturated rings. The van der Waals surface area contributed by atoms with Gasteiger partial charge in [-0.3, -0.25) is 9.52 Å². The SMILES string of the molecule is CC(=O)Nc1ccc(S(=O)(=O)Nc2ccc(-n3cccn3)nc2)cc1. The van der Waals surface area contributed by atoms with Gasteiger partial charge in [-0.15, -0.1) is 0 Å². The van der Waals surface area contributed by atoms with E-state index in [4.69, 9.17) is 0 Å². The molecule has 2 aromatic heterocycles. The Hall–Kier alpha value is -3.20. The number of carbonyl (C=O) groups is 1. The first-order chi connectivity index (χ1) is 11.9. The second-order valence-electron chi connectivity index (χ2n) is 5.17. The fraction of sp³-hybridized carbons (Fsp3) is 0.0625. The van der Waals surface area contributed by atoms with Gasteiger partial charge in [0.1, 0.15) is 0 Å². The molecule has 1 amide bonds. The molecule has 0 radical (unpaired) electrons. The summed E-state index contributed by atoms with van der Waals surface area (Å²) in [6.07, 6.45) is 4.78. The molecule has 3 rings (SSSR count). The maximum atomic E-state index is 12.4. The van der Waals surface area contributed by atoms with Gasteiger partial charge in [-0.1, -0.05) is 0 Å². The van der Waals surface area contributed by atoms with Gasteiger partial charge in [0.15, 0.2) is 5.82 Å². The zero-order valence-electron chi connectivity index (χ0n) is 13.2. The van der Waals surface area contributed by atoms with E-state index >= 15 is 0 Å². The second kappa shape index (κ2) is 6.73. The van der Waals surface area contributed by atoms with Gasteiger partial charge in [0.05, 0.1) is 16.8 Å². The van der Waals surface area contributed by atoms with Crippen LogP contribution in [0.5, 0.6) is 0 Å². The maximum Gasteiger partial charge on any atom is 0.261 e. The molecule has 9 heteroatoms. The Kier molecular flexibility index (Phi) is 4.48. The molecule has 0 unspecified atom stereocenters. The Balaban J connectivity index is 1.75. The first-order valence-electron chi connectivity index (χ1n) is 7.30. The number of nitrogens with zero attached hydrogens (tertiary/aromatic N) is 3. The number of benzene rings is 1. The number of carbonyl (C=O) groups excluding carboxylic acids is 1. The van der Waals surface area contributed by atoms with Crippen LogP contribution in [0.1, 0.15) is 6.92 Å². The molecular formula is C16H15N5O3S. The summed E-state index contributed by atoms with van der Waals surface area (Å²) in [5.74, 6) is 0.352. The molecule has 0 aliphatic rings. The highest BCUT2D eigenvalue weighted by Gasteiger charge is 2.14. The maximum absolute atomic E-state index is 12.4. The second-order valence-corrected chi connectivity index (χ2v) is 6.85. The van der Waals surface area contributed by atoms with Crippen LogP contribution in [0.3, 0.4) is 0 Å². The predicted molar refractivity (Wildman–Crippen MR) is 92.9 cm³/mol. The quantitative estimate of drug-likeness (QED) is 0.727. The highest BCUT2D eigenvalue weighted by molar-refractivity contribution is 7.92. The summed E-state index contributed by atoms with van der Waals surface area (Å²) in [5, 5.41) is 6.63. The van der Waals surface area contributed by atoms with E-state index in [1.165, 1.54) is 37.4 Å². The lowest BCUT2D eigenvalue weighted by atomic mass is 10.3. The van der Waals surface area contributed by atoms with Crippen LogP contribution in [0.15, 0.2) is 66.0 Å². The van der Waals surface area contributed by atoms with Crippen LogP contribution in [0, 0.1) is 0 Å². The molecule has 8 nitrogen and oxygen atoms in total. The molecule has 0 saturated carbocycles. The lowest BCUT2D eigenvalue weighted by Crippen LogP contribution is -2.13. The van der Waals surface area contributed by atoms with Crippen molar-refractivity contribution < 1.29 is 13.2 Å². The van der Waals surface area contributed by atoms with Crippen LogP contribution in [-0.4, -0.2) is 29.1 Å². The van der Waals surface area contributed by atoms with Gasteiger partial charge in [-0.2, -0.15) is 5.10 Å². The molecule has 0 aliphatic carbocycles. The first-order valence-corrected chi connectivity index (χ1v) is 8.79. The van der Waals surface area contributed by atoms with Crippen LogP contribution in [0.25, 0.3) is 5.82 Å². The predicted octanol–water partition coefficient (Wildman–Crippen LogP) is 2.03. The summed E-state index contributed by atoms with van der Waals surface area (Å²) in [7, 11) is -3.75. The zero-order valence-corrected chi connectivity index (χ0v) is 14.1. The number of hydrogen-bond acceptors (Lipinski definition) is 5. The van der Waals surface area contributed by atoms with Crippen LogP contribution in [0.2, 0.25) is 0 Å². The van der Waals surface area contributed by atoms with Crippen molar-refractivity contribution in [1.82, 2.24) is 14.8 Å². The smallest absolute Gasteiger partial charge is 0.261 e. The molecule has 0 atom stereocenters. The third-order valence-electron chi connectivity index (χ3n) is 3.22. The van der Waals surface area contributed by atoms with Crippen LogP contribution in [0.4, 0.5) is 11.4 Å². The van der Waals surface area contributed by atoms with Crippen molar-refractivity contribution in [3.63, 3.8) is 0 Å². The minimum Gasteiger partial charge on any atom is -0.326 e. The van der Waals surface area contributed by atoms with Gasteiger partial charge >= 0.3 is 0 Å². The van der Waals surface area contributed by atoms with E-state index in [1.807, 2.05) is 0 Å². The Morgan fingerprint density at radius 3 is 2.36 bits per heavy atom. The first kappa shape index (κ1) is 16.7. The monoisotopic (exact) mass is 357 g/mol. The summed E-state index contributed by atoms with van der Waals surface area (Å²) < 4.78 is 28.8. The number of pyridine rings is 1. The standard InChI is InChI=1S/C16H15N5O3S/c1-12(22)19-13-3-6-15(7-4-13)25(23,24)20-14-5-8-16(17-11-14)21-10-2-9-18-21/h2-11,20H,1H3,(H,19,22). The number of hydrogen-bond donors (Lipinski definition) is 2. The van der Waals surface area contributed by atoms with Gasteiger partial charge in [0.2, 0.25) is 5.91 Å². The molecule has 2 N–H and O–H groups in total. The Bertz CT molecular complexity index is 966. The van der Waals surface area contributed by atoms with Crippen LogP contribution in [-0.2, 0) is 14.8 Å². The van der Waals surface area contributed by atoms with Crippen LogP contribution >= 0.6 is 0 Å². The van der Waals surface area contributed by atoms with Crippen molar-refractivity contribution in [2.75, 3.05) is 10.0 Å². The Morgan fingerprint density at radius 1 is 1.08 bits per heavy atom. The third-order valence-corrected chi connectivity index (χ3v) is 4.62. The van der Waals surface area contributed by atoms with E-state index in [1.54, 1.807) is 35.3 Å². The lowest BCUT2D eigenvalue weighted by molar-refractivity contribution is -0.114. The van der Waals surface area contributed by atoms with Crippen molar-refractivity contribution in [2.45, 2.75) is 11.8 Å². The van der Waals surface area contributed by atoms with E-state index in [0.29, 0.717) is 17.2 Å². The number of amides is 1. The summed E-state index contributed by atoms with van der Waals surface area (Å²) in [4.78, 5) is 15.2. The molecule has 2 heterocycles. The highest BCUT2D eigenvalue weighted by Crippen LogP contribution is 2.18.